The highest BCUT2D eigenvalue weighted by Crippen LogP contribution is 2.08. The van der Waals surface area contributed by atoms with E-state index < -0.39 is 0 Å². The average molecular weight is 212 g/mol. The fourth-order valence-electron chi connectivity index (χ4n) is 1.42. The first-order valence-corrected chi connectivity index (χ1v) is 5.41. The first-order valence-electron chi connectivity index (χ1n) is 5.41. The monoisotopic (exact) mass is 212 g/mol. The molecule has 1 amide bonds. The number of ether oxygens (including phenoxy) is 1. The fourth-order valence-corrected chi connectivity index (χ4v) is 1.42. The van der Waals surface area contributed by atoms with E-state index in [4.69, 9.17) is 4.74 Å². The van der Waals surface area contributed by atoms with Crippen molar-refractivity contribution in [2.24, 2.45) is 0 Å². The van der Waals surface area contributed by atoms with Gasteiger partial charge < -0.3 is 15.0 Å². The summed E-state index contributed by atoms with van der Waals surface area (Å²) in [6, 6.07) is 0. The molecule has 15 heavy (non-hydrogen) atoms. The molecule has 1 atom stereocenters. The molecule has 1 rings (SSSR count). The maximum Gasteiger partial charge on any atom is 0.223 e. The Morgan fingerprint density at radius 2 is 2.40 bits per heavy atom. The molecule has 0 bridgehead atoms. The Balaban J connectivity index is 2.01. The lowest BCUT2D eigenvalue weighted by atomic mass is 10.1. The molecule has 0 aliphatic carbocycles. The molecular weight excluding hydrogens is 192 g/mol. The summed E-state index contributed by atoms with van der Waals surface area (Å²) in [5.74, 6) is 0.159. The van der Waals surface area contributed by atoms with Crippen LogP contribution in [-0.2, 0) is 9.53 Å². The number of hydrogen-bond donors (Lipinski definition) is 1. The van der Waals surface area contributed by atoms with Gasteiger partial charge in [-0.05, 0) is 18.9 Å². The Morgan fingerprint density at radius 3 is 3.00 bits per heavy atom. The summed E-state index contributed by atoms with van der Waals surface area (Å²) in [6.45, 7) is 1.55. The second-order valence-electron chi connectivity index (χ2n) is 3.95. The van der Waals surface area contributed by atoms with Crippen molar-refractivity contribution in [3.05, 3.63) is 12.3 Å². The summed E-state index contributed by atoms with van der Waals surface area (Å²) in [5, 5.41) is 3.23. The summed E-state index contributed by atoms with van der Waals surface area (Å²) in [6.07, 6.45) is 6.76. The summed E-state index contributed by atoms with van der Waals surface area (Å²) in [7, 11) is 3.55. The highest BCUT2D eigenvalue weighted by molar-refractivity contribution is 5.75. The van der Waals surface area contributed by atoms with Gasteiger partial charge in [0.2, 0.25) is 5.91 Å². The van der Waals surface area contributed by atoms with E-state index >= 15 is 0 Å². The smallest absolute Gasteiger partial charge is 0.223 e. The zero-order valence-corrected chi connectivity index (χ0v) is 9.53. The van der Waals surface area contributed by atoms with E-state index in [9.17, 15) is 4.79 Å². The van der Waals surface area contributed by atoms with Gasteiger partial charge in [0.25, 0.3) is 0 Å². The number of carbonyl (C=O) groups excluding carboxylic acids is 1. The number of carbonyl (C=O) groups is 1. The molecule has 0 aromatic heterocycles. The largest absolute Gasteiger partial charge is 0.497 e. The molecule has 1 unspecified atom stereocenters. The van der Waals surface area contributed by atoms with Crippen molar-refractivity contribution in [2.45, 2.75) is 25.4 Å². The molecule has 4 heteroatoms. The van der Waals surface area contributed by atoms with Gasteiger partial charge in [0, 0.05) is 33.6 Å². The van der Waals surface area contributed by atoms with Crippen molar-refractivity contribution in [3.8, 4) is 0 Å². The molecule has 0 fully saturated rings. The molecule has 1 aliphatic heterocycles. The van der Waals surface area contributed by atoms with Gasteiger partial charge in [-0.25, -0.2) is 0 Å². The normalized spacial score (nSPS) is 19.7. The number of amides is 1. The Morgan fingerprint density at radius 1 is 1.60 bits per heavy atom. The highest BCUT2D eigenvalue weighted by atomic mass is 16.5. The fraction of sp³-hybridized carbons (Fsp3) is 0.727. The van der Waals surface area contributed by atoms with Crippen LogP contribution in [0.25, 0.3) is 0 Å². The minimum absolute atomic E-state index is 0.159. The molecule has 1 heterocycles. The van der Waals surface area contributed by atoms with Crippen molar-refractivity contribution in [3.63, 3.8) is 0 Å². The zero-order valence-electron chi connectivity index (χ0n) is 9.53. The Labute approximate surface area is 91.3 Å². The summed E-state index contributed by atoms with van der Waals surface area (Å²) < 4.78 is 5.39. The van der Waals surface area contributed by atoms with Gasteiger partial charge in [0.05, 0.1) is 6.26 Å². The third kappa shape index (κ3) is 4.83. The number of nitrogens with zero attached hydrogens (tertiary/aromatic N) is 1. The molecule has 4 nitrogen and oxygen atoms in total. The molecule has 0 aromatic rings. The minimum Gasteiger partial charge on any atom is -0.497 e. The first kappa shape index (κ1) is 12.0. The minimum atomic E-state index is 0.159. The predicted octanol–water partition coefficient (Wildman–Crippen LogP) is 0.747. The van der Waals surface area contributed by atoms with Gasteiger partial charge in [-0.15, -0.1) is 0 Å². The van der Waals surface area contributed by atoms with E-state index in [0.29, 0.717) is 6.42 Å². The third-order valence-electron chi connectivity index (χ3n) is 2.41. The van der Waals surface area contributed by atoms with E-state index in [1.54, 1.807) is 25.3 Å². The molecule has 0 aromatic carbocycles. The van der Waals surface area contributed by atoms with Crippen molar-refractivity contribution < 1.29 is 9.53 Å². The SMILES string of the molecule is CN(C)C(=O)CCNCC1CCC=CO1. The van der Waals surface area contributed by atoms with Crippen LogP contribution in [-0.4, -0.2) is 44.1 Å². The van der Waals surface area contributed by atoms with Crippen molar-refractivity contribution in [1.82, 2.24) is 10.2 Å². The van der Waals surface area contributed by atoms with Crippen molar-refractivity contribution in [1.29, 1.82) is 0 Å². The van der Waals surface area contributed by atoms with Crippen LogP contribution in [0.4, 0.5) is 0 Å². The molecule has 0 radical (unpaired) electrons. The van der Waals surface area contributed by atoms with E-state index in [2.05, 4.69) is 5.32 Å². The second kappa shape index (κ2) is 6.45. The third-order valence-corrected chi connectivity index (χ3v) is 2.41. The first-order chi connectivity index (χ1) is 7.20. The van der Waals surface area contributed by atoms with Gasteiger partial charge in [-0.1, -0.05) is 0 Å². The Kier molecular flexibility index (Phi) is 5.18. The van der Waals surface area contributed by atoms with Gasteiger partial charge in [-0.2, -0.15) is 0 Å². The summed E-state index contributed by atoms with van der Waals surface area (Å²) in [5.41, 5.74) is 0. The Hall–Kier alpha value is -1.03. The van der Waals surface area contributed by atoms with Crippen LogP contribution >= 0.6 is 0 Å². The van der Waals surface area contributed by atoms with Crippen molar-refractivity contribution in [2.75, 3.05) is 27.2 Å². The second-order valence-corrected chi connectivity index (χ2v) is 3.95. The molecular formula is C11H20N2O2. The standard InChI is InChI=1S/C11H20N2O2/c1-13(2)11(14)6-7-12-9-10-5-3-4-8-15-10/h4,8,10,12H,3,5-7,9H2,1-2H3. The maximum absolute atomic E-state index is 11.2. The van der Waals surface area contributed by atoms with Crippen LogP contribution in [0.1, 0.15) is 19.3 Å². The van der Waals surface area contributed by atoms with Gasteiger partial charge in [0.1, 0.15) is 6.10 Å². The van der Waals surface area contributed by atoms with Crippen LogP contribution in [0.15, 0.2) is 12.3 Å². The van der Waals surface area contributed by atoms with Crippen LogP contribution in [0.3, 0.4) is 0 Å². The number of hydrogen-bond acceptors (Lipinski definition) is 3. The van der Waals surface area contributed by atoms with Crippen LogP contribution in [0, 0.1) is 0 Å². The molecule has 0 spiro atoms. The molecule has 0 saturated heterocycles. The number of allylic oxidation sites excluding steroid dienone is 1. The quantitative estimate of drug-likeness (QED) is 0.684. The maximum atomic E-state index is 11.2. The summed E-state index contributed by atoms with van der Waals surface area (Å²) >= 11 is 0. The van der Waals surface area contributed by atoms with Gasteiger partial charge in [-0.3, -0.25) is 4.79 Å². The molecule has 0 saturated carbocycles. The zero-order chi connectivity index (χ0) is 11.1. The summed E-state index contributed by atoms with van der Waals surface area (Å²) in [4.78, 5) is 12.9. The van der Waals surface area contributed by atoms with E-state index in [1.807, 2.05) is 6.08 Å². The lowest BCUT2D eigenvalue weighted by Gasteiger charge is -2.19. The lowest BCUT2D eigenvalue weighted by Crippen LogP contribution is -2.32. The average Bonchev–Trinajstić information content (AvgIpc) is 2.25. The molecule has 1 N–H and O–H groups in total. The molecule has 86 valence electrons. The lowest BCUT2D eigenvalue weighted by molar-refractivity contribution is -0.128. The van der Waals surface area contributed by atoms with E-state index in [0.717, 1.165) is 25.9 Å². The van der Waals surface area contributed by atoms with E-state index in [-0.39, 0.29) is 12.0 Å². The number of nitrogens with one attached hydrogen (secondary N) is 1. The highest BCUT2D eigenvalue weighted by Gasteiger charge is 2.10. The Bertz CT molecular complexity index is 227. The number of rotatable bonds is 5. The predicted molar refractivity (Wildman–Crippen MR) is 59.4 cm³/mol. The van der Waals surface area contributed by atoms with Crippen LogP contribution in [0.5, 0.6) is 0 Å². The van der Waals surface area contributed by atoms with E-state index in [1.165, 1.54) is 0 Å². The molecule has 1 aliphatic rings. The van der Waals surface area contributed by atoms with Gasteiger partial charge >= 0.3 is 0 Å². The van der Waals surface area contributed by atoms with Gasteiger partial charge in [0.15, 0.2) is 0 Å². The van der Waals surface area contributed by atoms with Crippen molar-refractivity contribution >= 4 is 5.91 Å². The topological polar surface area (TPSA) is 41.6 Å². The van der Waals surface area contributed by atoms with Crippen LogP contribution in [0.2, 0.25) is 0 Å². The van der Waals surface area contributed by atoms with Crippen LogP contribution < -0.4 is 5.32 Å².